The highest BCUT2D eigenvalue weighted by Gasteiger charge is 2.27. The molecule has 16 heavy (non-hydrogen) atoms. The van der Waals surface area contributed by atoms with E-state index in [0.717, 1.165) is 0 Å². The zero-order chi connectivity index (χ0) is 12.5. The fourth-order valence-corrected chi connectivity index (χ4v) is 1.70. The summed E-state index contributed by atoms with van der Waals surface area (Å²) < 4.78 is 4.99. The molecule has 0 bridgehead atoms. The second-order valence-corrected chi connectivity index (χ2v) is 4.75. The molecule has 1 rings (SSSR count). The summed E-state index contributed by atoms with van der Waals surface area (Å²) in [6.07, 6.45) is 0. The molecule has 1 aromatic rings. The number of hydrogen-bond donors (Lipinski definition) is 1. The maximum absolute atomic E-state index is 11.9. The van der Waals surface area contributed by atoms with E-state index in [9.17, 15) is 4.79 Å². The van der Waals surface area contributed by atoms with Gasteiger partial charge < -0.3 is 10.5 Å². The van der Waals surface area contributed by atoms with Crippen molar-refractivity contribution in [3.63, 3.8) is 0 Å². The van der Waals surface area contributed by atoms with Crippen LogP contribution >= 0.6 is 23.2 Å². The summed E-state index contributed by atoms with van der Waals surface area (Å²) in [6.45, 7) is 3.23. The van der Waals surface area contributed by atoms with Crippen LogP contribution in [0.2, 0.25) is 10.0 Å². The van der Waals surface area contributed by atoms with E-state index in [1.807, 2.05) is 0 Å². The number of hydrogen-bond acceptors (Lipinski definition) is 3. The highest BCUT2D eigenvalue weighted by molar-refractivity contribution is 6.45. The van der Waals surface area contributed by atoms with Crippen LogP contribution < -0.4 is 10.5 Å². The minimum absolute atomic E-state index is 0.171. The van der Waals surface area contributed by atoms with Crippen molar-refractivity contribution in [3.8, 4) is 5.75 Å². The molecule has 0 spiro atoms. The summed E-state index contributed by atoms with van der Waals surface area (Å²) >= 11 is 11.9. The molecule has 0 saturated carbocycles. The van der Waals surface area contributed by atoms with Crippen LogP contribution in [0.15, 0.2) is 12.1 Å². The third-order valence-corrected chi connectivity index (χ3v) is 2.96. The Morgan fingerprint density at radius 1 is 1.31 bits per heavy atom. The van der Waals surface area contributed by atoms with Gasteiger partial charge in [-0.15, -0.1) is 0 Å². The SMILES string of the molecule is COc1ccc(C(=O)C(C)(C)N)c(Cl)c1Cl. The first-order valence-electron chi connectivity index (χ1n) is 4.64. The zero-order valence-electron chi connectivity index (χ0n) is 9.30. The molecule has 2 N–H and O–H groups in total. The van der Waals surface area contributed by atoms with Crippen LogP contribution in [0.3, 0.4) is 0 Å². The highest BCUT2D eigenvalue weighted by atomic mass is 35.5. The Balaban J connectivity index is 3.28. The van der Waals surface area contributed by atoms with E-state index >= 15 is 0 Å². The summed E-state index contributed by atoms with van der Waals surface area (Å²) in [5.41, 5.74) is 5.04. The lowest BCUT2D eigenvalue weighted by atomic mass is 9.94. The standard InChI is InChI=1S/C11H13Cl2NO2/c1-11(2,14)10(15)6-4-5-7(16-3)9(13)8(6)12/h4-5H,14H2,1-3H3. The predicted octanol–water partition coefficient (Wildman–Crippen LogP) is 2.92. The van der Waals surface area contributed by atoms with Crippen molar-refractivity contribution >= 4 is 29.0 Å². The summed E-state index contributed by atoms with van der Waals surface area (Å²) in [6, 6.07) is 3.15. The van der Waals surface area contributed by atoms with Gasteiger partial charge >= 0.3 is 0 Å². The Morgan fingerprint density at radius 3 is 2.31 bits per heavy atom. The molecular formula is C11H13Cl2NO2. The average Bonchev–Trinajstić information content (AvgIpc) is 2.20. The summed E-state index contributed by atoms with van der Waals surface area (Å²) in [5.74, 6) is 0.167. The van der Waals surface area contributed by atoms with Crippen LogP contribution in [0.25, 0.3) is 0 Å². The number of ketones is 1. The summed E-state index contributed by atoms with van der Waals surface area (Å²) in [5, 5.41) is 0.392. The van der Waals surface area contributed by atoms with Crippen molar-refractivity contribution in [2.75, 3.05) is 7.11 Å². The number of carbonyl (C=O) groups excluding carboxylic acids is 1. The molecule has 0 unspecified atom stereocenters. The van der Waals surface area contributed by atoms with Gasteiger partial charge in [0.15, 0.2) is 5.78 Å². The fraction of sp³-hybridized carbons (Fsp3) is 0.364. The van der Waals surface area contributed by atoms with Crippen molar-refractivity contribution in [3.05, 3.63) is 27.7 Å². The van der Waals surface area contributed by atoms with Crippen molar-refractivity contribution in [1.29, 1.82) is 0 Å². The van der Waals surface area contributed by atoms with Gasteiger partial charge in [-0.25, -0.2) is 0 Å². The lowest BCUT2D eigenvalue weighted by Crippen LogP contribution is -2.41. The van der Waals surface area contributed by atoms with Gasteiger partial charge in [-0.05, 0) is 26.0 Å². The molecule has 1 aromatic carbocycles. The normalized spacial score (nSPS) is 11.4. The van der Waals surface area contributed by atoms with Crippen LogP contribution in [-0.4, -0.2) is 18.4 Å². The predicted molar refractivity (Wildman–Crippen MR) is 65.6 cm³/mol. The first-order valence-corrected chi connectivity index (χ1v) is 5.40. The van der Waals surface area contributed by atoms with Crippen molar-refractivity contribution in [1.82, 2.24) is 0 Å². The molecular weight excluding hydrogens is 249 g/mol. The van der Waals surface area contributed by atoms with Crippen LogP contribution in [0, 0.1) is 0 Å². The molecule has 0 aromatic heterocycles. The van der Waals surface area contributed by atoms with Crippen molar-refractivity contribution in [2.24, 2.45) is 5.73 Å². The maximum atomic E-state index is 11.9. The van der Waals surface area contributed by atoms with Crippen molar-refractivity contribution in [2.45, 2.75) is 19.4 Å². The summed E-state index contributed by atoms with van der Waals surface area (Å²) in [4.78, 5) is 11.9. The largest absolute Gasteiger partial charge is 0.495 e. The van der Waals surface area contributed by atoms with Gasteiger partial charge in [-0.1, -0.05) is 23.2 Å². The molecule has 0 radical (unpaired) electrons. The number of ether oxygens (including phenoxy) is 1. The van der Waals surface area contributed by atoms with E-state index in [2.05, 4.69) is 0 Å². The zero-order valence-corrected chi connectivity index (χ0v) is 10.8. The van der Waals surface area contributed by atoms with Crippen molar-refractivity contribution < 1.29 is 9.53 Å². The number of benzene rings is 1. The number of halogens is 2. The molecule has 88 valence electrons. The quantitative estimate of drug-likeness (QED) is 0.852. The van der Waals surface area contributed by atoms with E-state index in [4.69, 9.17) is 33.7 Å². The molecule has 0 heterocycles. The fourth-order valence-electron chi connectivity index (χ4n) is 1.21. The molecule has 5 heteroatoms. The van der Waals surface area contributed by atoms with Gasteiger partial charge in [0, 0.05) is 5.56 Å². The Morgan fingerprint density at radius 2 is 1.88 bits per heavy atom. The number of carbonyl (C=O) groups is 1. The minimum atomic E-state index is -0.985. The monoisotopic (exact) mass is 261 g/mol. The number of methoxy groups -OCH3 is 1. The maximum Gasteiger partial charge on any atom is 0.183 e. The van der Waals surface area contributed by atoms with Gasteiger partial charge in [0.2, 0.25) is 0 Å². The number of nitrogens with two attached hydrogens (primary N) is 1. The van der Waals surface area contributed by atoms with Gasteiger partial charge in [-0.3, -0.25) is 4.79 Å². The van der Waals surface area contributed by atoms with E-state index in [0.29, 0.717) is 11.3 Å². The molecule has 0 atom stereocenters. The average molecular weight is 262 g/mol. The molecule has 0 saturated heterocycles. The van der Waals surface area contributed by atoms with E-state index in [1.165, 1.54) is 7.11 Å². The minimum Gasteiger partial charge on any atom is -0.495 e. The van der Waals surface area contributed by atoms with Gasteiger partial charge in [0.1, 0.15) is 10.8 Å². The van der Waals surface area contributed by atoms with Crippen LogP contribution in [0.5, 0.6) is 5.75 Å². The molecule has 0 aliphatic rings. The van der Waals surface area contributed by atoms with E-state index < -0.39 is 5.54 Å². The number of rotatable bonds is 3. The Labute approximate surface area is 104 Å². The second kappa shape index (κ2) is 4.62. The molecule has 0 amide bonds. The third kappa shape index (κ3) is 2.48. The van der Waals surface area contributed by atoms with Crippen LogP contribution in [-0.2, 0) is 0 Å². The van der Waals surface area contributed by atoms with Crippen LogP contribution in [0.1, 0.15) is 24.2 Å². The lowest BCUT2D eigenvalue weighted by Gasteiger charge is -2.18. The molecule has 0 aliphatic heterocycles. The highest BCUT2D eigenvalue weighted by Crippen LogP contribution is 2.35. The first-order chi connectivity index (χ1) is 7.29. The Kier molecular flexibility index (Phi) is 3.84. The second-order valence-electron chi connectivity index (χ2n) is 3.99. The molecule has 0 fully saturated rings. The van der Waals surface area contributed by atoms with Gasteiger partial charge in [-0.2, -0.15) is 0 Å². The van der Waals surface area contributed by atoms with Gasteiger partial charge in [0.25, 0.3) is 0 Å². The van der Waals surface area contributed by atoms with E-state index in [-0.39, 0.29) is 15.8 Å². The molecule has 0 aliphatic carbocycles. The van der Waals surface area contributed by atoms with Crippen LogP contribution in [0.4, 0.5) is 0 Å². The van der Waals surface area contributed by atoms with Gasteiger partial charge in [0.05, 0.1) is 17.7 Å². The summed E-state index contributed by atoms with van der Waals surface area (Å²) in [7, 11) is 1.48. The topological polar surface area (TPSA) is 52.3 Å². The lowest BCUT2D eigenvalue weighted by molar-refractivity contribution is 0.0913. The Hall–Kier alpha value is -0.770. The molecule has 3 nitrogen and oxygen atoms in total. The number of Topliss-reactive ketones (excluding diaryl/α,β-unsaturated/α-hetero) is 1. The first kappa shape index (κ1) is 13.3. The third-order valence-electron chi connectivity index (χ3n) is 2.10. The van der Waals surface area contributed by atoms with E-state index in [1.54, 1.807) is 26.0 Å². The smallest absolute Gasteiger partial charge is 0.183 e. The Bertz CT molecular complexity index is 425.